The Balaban J connectivity index is 2.29. The fraction of sp³-hybridized carbons (Fsp3) is 0.133. The minimum absolute atomic E-state index is 0.142. The minimum Gasteiger partial charge on any atom is -0.397 e. The molecule has 3 nitrogen and oxygen atoms in total. The van der Waals surface area contributed by atoms with E-state index in [-0.39, 0.29) is 5.91 Å². The molecular weight excluding hydrogens is 351 g/mol. The van der Waals surface area contributed by atoms with E-state index < -0.39 is 0 Å². The lowest BCUT2D eigenvalue weighted by Gasteiger charge is -2.13. The number of hydrogen-bond donors (Lipinski definition) is 2. The molecule has 0 spiro atoms. The highest BCUT2D eigenvalue weighted by Crippen LogP contribution is 2.26. The second kappa shape index (κ2) is 5.61. The quantitative estimate of drug-likeness (QED) is 0.629. The molecule has 2 aromatic rings. The van der Waals surface area contributed by atoms with Gasteiger partial charge in [-0.2, -0.15) is 0 Å². The molecule has 2 aromatic carbocycles. The van der Waals surface area contributed by atoms with Gasteiger partial charge in [0.25, 0.3) is 5.91 Å². The Morgan fingerprint density at radius 3 is 2.37 bits per heavy atom. The van der Waals surface area contributed by atoms with Crippen molar-refractivity contribution >= 4 is 39.9 Å². The van der Waals surface area contributed by atoms with E-state index in [1.54, 1.807) is 12.1 Å². The maximum atomic E-state index is 12.2. The zero-order valence-corrected chi connectivity index (χ0v) is 13.0. The first-order chi connectivity index (χ1) is 8.99. The van der Waals surface area contributed by atoms with E-state index in [9.17, 15) is 4.79 Å². The van der Waals surface area contributed by atoms with Gasteiger partial charge in [-0.3, -0.25) is 4.79 Å². The third-order valence-electron chi connectivity index (χ3n) is 3.11. The molecule has 3 N–H and O–H groups in total. The SMILES string of the molecule is Cc1ccc(N)c(NC(=O)c2ccc(I)cc2)c1C. The van der Waals surface area contributed by atoms with Crippen molar-refractivity contribution in [2.75, 3.05) is 11.1 Å². The van der Waals surface area contributed by atoms with Gasteiger partial charge >= 0.3 is 0 Å². The molecule has 0 atom stereocenters. The molecule has 0 aliphatic rings. The second-order valence-corrected chi connectivity index (χ2v) is 5.68. The highest BCUT2D eigenvalue weighted by atomic mass is 127. The van der Waals surface area contributed by atoms with Crippen LogP contribution in [-0.4, -0.2) is 5.91 Å². The zero-order valence-electron chi connectivity index (χ0n) is 10.8. The Morgan fingerprint density at radius 1 is 1.11 bits per heavy atom. The van der Waals surface area contributed by atoms with Gasteiger partial charge in [0, 0.05) is 9.13 Å². The van der Waals surface area contributed by atoms with Crippen LogP contribution in [0.4, 0.5) is 11.4 Å². The lowest BCUT2D eigenvalue weighted by molar-refractivity contribution is 0.102. The van der Waals surface area contributed by atoms with Crippen molar-refractivity contribution in [2.24, 2.45) is 0 Å². The Kier molecular flexibility index (Phi) is 4.09. The van der Waals surface area contributed by atoms with Crippen molar-refractivity contribution in [1.29, 1.82) is 0 Å². The van der Waals surface area contributed by atoms with E-state index in [4.69, 9.17) is 5.73 Å². The number of carbonyl (C=O) groups excluding carboxylic acids is 1. The smallest absolute Gasteiger partial charge is 0.255 e. The largest absolute Gasteiger partial charge is 0.397 e. The van der Waals surface area contributed by atoms with Crippen molar-refractivity contribution in [3.8, 4) is 0 Å². The van der Waals surface area contributed by atoms with Crippen LogP contribution in [0.3, 0.4) is 0 Å². The Morgan fingerprint density at radius 2 is 1.74 bits per heavy atom. The van der Waals surface area contributed by atoms with Crippen LogP contribution in [0.5, 0.6) is 0 Å². The molecule has 0 unspecified atom stereocenters. The van der Waals surface area contributed by atoms with Crippen molar-refractivity contribution in [3.05, 3.63) is 56.7 Å². The van der Waals surface area contributed by atoms with Gasteiger partial charge in [-0.15, -0.1) is 0 Å². The number of benzene rings is 2. The van der Waals surface area contributed by atoms with E-state index in [0.29, 0.717) is 16.9 Å². The molecular formula is C15H15IN2O. The van der Waals surface area contributed by atoms with Crippen LogP contribution < -0.4 is 11.1 Å². The van der Waals surface area contributed by atoms with E-state index in [1.807, 2.05) is 38.1 Å². The van der Waals surface area contributed by atoms with Gasteiger partial charge in [0.1, 0.15) is 0 Å². The summed E-state index contributed by atoms with van der Waals surface area (Å²) in [5.41, 5.74) is 9.94. The minimum atomic E-state index is -0.142. The van der Waals surface area contributed by atoms with Crippen LogP contribution in [0.15, 0.2) is 36.4 Å². The van der Waals surface area contributed by atoms with E-state index in [1.165, 1.54) is 0 Å². The number of carbonyl (C=O) groups is 1. The first-order valence-corrected chi connectivity index (χ1v) is 6.99. The highest BCUT2D eigenvalue weighted by Gasteiger charge is 2.11. The number of anilines is 2. The predicted molar refractivity (Wildman–Crippen MR) is 87.4 cm³/mol. The van der Waals surface area contributed by atoms with Crippen LogP contribution in [0.25, 0.3) is 0 Å². The number of aryl methyl sites for hydroxylation is 1. The van der Waals surface area contributed by atoms with Crippen LogP contribution in [0.1, 0.15) is 21.5 Å². The number of nitrogens with one attached hydrogen (secondary N) is 1. The summed E-state index contributed by atoms with van der Waals surface area (Å²) in [4.78, 5) is 12.2. The van der Waals surface area contributed by atoms with Crippen molar-refractivity contribution < 1.29 is 4.79 Å². The first-order valence-electron chi connectivity index (χ1n) is 5.91. The maximum Gasteiger partial charge on any atom is 0.255 e. The van der Waals surface area contributed by atoms with E-state index >= 15 is 0 Å². The normalized spacial score (nSPS) is 10.3. The molecule has 0 saturated heterocycles. The molecule has 0 heterocycles. The fourth-order valence-corrected chi connectivity index (χ4v) is 2.15. The van der Waals surface area contributed by atoms with E-state index in [2.05, 4.69) is 27.9 Å². The molecule has 19 heavy (non-hydrogen) atoms. The molecule has 0 aliphatic carbocycles. The van der Waals surface area contributed by atoms with Crippen LogP contribution >= 0.6 is 22.6 Å². The predicted octanol–water partition coefficient (Wildman–Crippen LogP) is 3.74. The topological polar surface area (TPSA) is 55.1 Å². The molecule has 0 saturated carbocycles. The summed E-state index contributed by atoms with van der Waals surface area (Å²) >= 11 is 2.21. The van der Waals surface area contributed by atoms with Gasteiger partial charge in [0.05, 0.1) is 11.4 Å². The molecule has 98 valence electrons. The Bertz CT molecular complexity index is 621. The van der Waals surface area contributed by atoms with Gasteiger partial charge < -0.3 is 11.1 Å². The Labute approximate surface area is 126 Å². The van der Waals surface area contributed by atoms with Crippen LogP contribution in [0.2, 0.25) is 0 Å². The van der Waals surface area contributed by atoms with Crippen LogP contribution in [0, 0.1) is 17.4 Å². The van der Waals surface area contributed by atoms with Crippen molar-refractivity contribution in [1.82, 2.24) is 0 Å². The third kappa shape index (κ3) is 3.07. The van der Waals surface area contributed by atoms with Crippen LogP contribution in [-0.2, 0) is 0 Å². The average Bonchev–Trinajstić information content (AvgIpc) is 2.40. The summed E-state index contributed by atoms with van der Waals surface area (Å²) in [6.07, 6.45) is 0. The summed E-state index contributed by atoms with van der Waals surface area (Å²) in [6, 6.07) is 11.2. The van der Waals surface area contributed by atoms with Crippen molar-refractivity contribution in [2.45, 2.75) is 13.8 Å². The highest BCUT2D eigenvalue weighted by molar-refractivity contribution is 14.1. The fourth-order valence-electron chi connectivity index (χ4n) is 1.79. The number of nitrogen functional groups attached to an aromatic ring is 1. The molecule has 1 amide bonds. The first kappa shape index (κ1) is 13.9. The summed E-state index contributed by atoms with van der Waals surface area (Å²) in [5, 5.41) is 2.89. The summed E-state index contributed by atoms with van der Waals surface area (Å²) < 4.78 is 1.10. The lowest BCUT2D eigenvalue weighted by Crippen LogP contribution is -2.14. The number of rotatable bonds is 2. The number of nitrogens with two attached hydrogens (primary N) is 1. The molecule has 0 fully saturated rings. The summed E-state index contributed by atoms with van der Waals surface area (Å²) in [5.74, 6) is -0.142. The molecule has 0 aromatic heterocycles. The molecule has 4 heteroatoms. The van der Waals surface area contributed by atoms with Gasteiger partial charge in [-0.1, -0.05) is 6.07 Å². The lowest BCUT2D eigenvalue weighted by atomic mass is 10.1. The number of hydrogen-bond acceptors (Lipinski definition) is 2. The third-order valence-corrected chi connectivity index (χ3v) is 3.83. The average molecular weight is 366 g/mol. The molecule has 2 rings (SSSR count). The number of amides is 1. The van der Waals surface area contributed by atoms with Gasteiger partial charge in [0.15, 0.2) is 0 Å². The molecule has 0 aliphatic heterocycles. The van der Waals surface area contributed by atoms with Crippen molar-refractivity contribution in [3.63, 3.8) is 0 Å². The maximum absolute atomic E-state index is 12.2. The summed E-state index contributed by atoms with van der Waals surface area (Å²) in [6.45, 7) is 3.95. The zero-order chi connectivity index (χ0) is 14.0. The van der Waals surface area contributed by atoms with Gasteiger partial charge in [-0.25, -0.2) is 0 Å². The Hall–Kier alpha value is -1.56. The second-order valence-electron chi connectivity index (χ2n) is 4.43. The monoisotopic (exact) mass is 366 g/mol. The van der Waals surface area contributed by atoms with Gasteiger partial charge in [0.2, 0.25) is 0 Å². The summed E-state index contributed by atoms with van der Waals surface area (Å²) in [7, 11) is 0. The van der Waals surface area contributed by atoms with Gasteiger partial charge in [-0.05, 0) is 77.9 Å². The van der Waals surface area contributed by atoms with E-state index in [0.717, 1.165) is 14.7 Å². The number of halogens is 1. The standard InChI is InChI=1S/C15H15IN2O/c1-9-3-8-13(17)14(10(9)2)18-15(19)11-4-6-12(16)7-5-11/h3-8H,17H2,1-2H3,(H,18,19). The molecule has 0 bridgehead atoms. The molecule has 0 radical (unpaired) electrons.